The molecule has 182 valence electrons. The smallest absolute Gasteiger partial charge is 0.337 e. The molecule has 2 aliphatic heterocycles. The van der Waals surface area contributed by atoms with Gasteiger partial charge in [-0.15, -0.1) is 0 Å². The monoisotopic (exact) mass is 474 g/mol. The molecule has 9 nitrogen and oxygen atoms in total. The molecule has 1 saturated heterocycles. The van der Waals surface area contributed by atoms with E-state index in [1.54, 1.807) is 18.2 Å². The van der Waals surface area contributed by atoms with Crippen molar-refractivity contribution < 1.29 is 14.6 Å². The largest absolute Gasteiger partial charge is 0.465 e. The molecule has 3 aromatic rings. The lowest BCUT2D eigenvalue weighted by Gasteiger charge is -2.37. The summed E-state index contributed by atoms with van der Waals surface area (Å²) in [7, 11) is 3.47. The van der Waals surface area contributed by atoms with Crippen LogP contribution >= 0.6 is 0 Å². The Labute approximate surface area is 205 Å². The quantitative estimate of drug-likeness (QED) is 0.557. The molecule has 0 bridgehead atoms. The second-order valence-corrected chi connectivity index (χ2v) is 9.06. The minimum atomic E-state index is -0.409. The SMILES string of the molecule is COC(=O)c1cccc(-c2nc(N3CCN(C)CC3)nc(N3Cc4ccccc4C[C@@H]3CO)n2)c1. The molecule has 2 aromatic carbocycles. The Morgan fingerprint density at radius 1 is 1.00 bits per heavy atom. The fraction of sp³-hybridized carbons (Fsp3) is 0.385. The molecule has 5 rings (SSSR count). The van der Waals surface area contributed by atoms with Gasteiger partial charge in [0.1, 0.15) is 0 Å². The Morgan fingerprint density at radius 3 is 2.49 bits per heavy atom. The molecule has 1 atom stereocenters. The predicted molar refractivity (Wildman–Crippen MR) is 134 cm³/mol. The van der Waals surface area contributed by atoms with Crippen LogP contribution in [0.2, 0.25) is 0 Å². The van der Waals surface area contributed by atoms with E-state index in [1.165, 1.54) is 18.2 Å². The zero-order valence-electron chi connectivity index (χ0n) is 20.1. The van der Waals surface area contributed by atoms with Crippen molar-refractivity contribution in [1.82, 2.24) is 19.9 Å². The number of aromatic nitrogens is 3. The Balaban J connectivity index is 1.58. The molecule has 1 N–H and O–H groups in total. The summed E-state index contributed by atoms with van der Waals surface area (Å²) in [5.74, 6) is 1.22. The normalized spacial score (nSPS) is 18.3. The molecular weight excluding hydrogens is 444 g/mol. The first-order chi connectivity index (χ1) is 17.1. The van der Waals surface area contributed by atoms with E-state index in [0.29, 0.717) is 35.4 Å². The molecule has 35 heavy (non-hydrogen) atoms. The average Bonchev–Trinajstić information content (AvgIpc) is 2.92. The van der Waals surface area contributed by atoms with Crippen LogP contribution in [0.15, 0.2) is 48.5 Å². The Bertz CT molecular complexity index is 1210. The number of benzene rings is 2. The van der Waals surface area contributed by atoms with Crippen molar-refractivity contribution in [2.45, 2.75) is 19.0 Å². The highest BCUT2D eigenvalue weighted by Gasteiger charge is 2.29. The topological polar surface area (TPSA) is 94.9 Å². The number of nitrogens with zero attached hydrogens (tertiary/aromatic N) is 6. The minimum absolute atomic E-state index is 0.00296. The molecular formula is C26H30N6O3. The van der Waals surface area contributed by atoms with Gasteiger partial charge in [0, 0.05) is 38.3 Å². The summed E-state index contributed by atoms with van der Waals surface area (Å²) in [6.07, 6.45) is 0.718. The molecule has 0 spiro atoms. The van der Waals surface area contributed by atoms with Gasteiger partial charge >= 0.3 is 5.97 Å². The van der Waals surface area contributed by atoms with E-state index in [1.807, 2.05) is 18.2 Å². The summed E-state index contributed by atoms with van der Waals surface area (Å²) in [6, 6.07) is 15.3. The van der Waals surface area contributed by atoms with E-state index in [2.05, 4.69) is 33.9 Å². The van der Waals surface area contributed by atoms with Gasteiger partial charge in [0.25, 0.3) is 0 Å². The molecule has 1 aromatic heterocycles. The molecule has 1 fully saturated rings. The van der Waals surface area contributed by atoms with E-state index in [9.17, 15) is 9.90 Å². The zero-order chi connectivity index (χ0) is 24.4. The van der Waals surface area contributed by atoms with Crippen molar-refractivity contribution in [2.75, 3.05) is 56.7 Å². The summed E-state index contributed by atoms with van der Waals surface area (Å²) in [5.41, 5.74) is 3.59. The van der Waals surface area contributed by atoms with E-state index < -0.39 is 5.97 Å². The molecule has 0 saturated carbocycles. The van der Waals surface area contributed by atoms with E-state index in [4.69, 9.17) is 19.7 Å². The summed E-state index contributed by atoms with van der Waals surface area (Å²) in [6.45, 7) is 4.07. The number of likely N-dealkylation sites (N-methyl/N-ethyl adjacent to an activating group) is 1. The van der Waals surface area contributed by atoms with Crippen molar-refractivity contribution in [1.29, 1.82) is 0 Å². The van der Waals surface area contributed by atoms with E-state index in [0.717, 1.165) is 32.6 Å². The number of hydrogen-bond donors (Lipinski definition) is 1. The third-order valence-corrected chi connectivity index (χ3v) is 6.76. The van der Waals surface area contributed by atoms with Crippen molar-refractivity contribution in [3.63, 3.8) is 0 Å². The summed E-state index contributed by atoms with van der Waals surface area (Å²) in [5, 5.41) is 10.2. The highest BCUT2D eigenvalue weighted by Crippen LogP contribution is 2.29. The number of rotatable bonds is 5. The molecule has 0 aliphatic carbocycles. The fourth-order valence-corrected chi connectivity index (χ4v) is 4.65. The van der Waals surface area contributed by atoms with Gasteiger partial charge in [0.15, 0.2) is 5.82 Å². The van der Waals surface area contributed by atoms with Gasteiger partial charge in [-0.3, -0.25) is 0 Å². The summed E-state index contributed by atoms with van der Waals surface area (Å²) >= 11 is 0. The standard InChI is InChI=1S/C26H30N6O3/c1-30-10-12-31(13-11-30)25-27-23(19-8-5-9-20(14-19)24(34)35-2)28-26(29-25)32-16-21-7-4-3-6-18(21)15-22(32)17-33/h3-9,14,22,33H,10-13,15-17H2,1-2H3/t22-/m1/s1. The lowest BCUT2D eigenvalue weighted by molar-refractivity contribution is 0.0601. The van der Waals surface area contributed by atoms with Crippen LogP contribution in [0, 0.1) is 0 Å². The Hall–Kier alpha value is -3.56. The van der Waals surface area contributed by atoms with Crippen molar-refractivity contribution in [3.8, 4) is 11.4 Å². The van der Waals surface area contributed by atoms with Gasteiger partial charge in [-0.05, 0) is 36.7 Å². The molecule has 3 heterocycles. The zero-order valence-corrected chi connectivity index (χ0v) is 20.1. The van der Waals surface area contributed by atoms with Gasteiger partial charge in [-0.25, -0.2) is 4.79 Å². The van der Waals surface area contributed by atoms with E-state index >= 15 is 0 Å². The van der Waals surface area contributed by atoms with Crippen LogP contribution in [0.25, 0.3) is 11.4 Å². The highest BCUT2D eigenvalue weighted by atomic mass is 16.5. The van der Waals surface area contributed by atoms with Gasteiger partial charge in [-0.2, -0.15) is 15.0 Å². The molecule has 9 heteroatoms. The number of anilines is 2. The first-order valence-electron chi connectivity index (χ1n) is 11.9. The number of aliphatic hydroxyl groups is 1. The van der Waals surface area contributed by atoms with Crippen molar-refractivity contribution in [2.24, 2.45) is 0 Å². The van der Waals surface area contributed by atoms with Crippen LogP contribution in [0.3, 0.4) is 0 Å². The van der Waals surface area contributed by atoms with Gasteiger partial charge < -0.3 is 24.5 Å². The number of esters is 1. The van der Waals surface area contributed by atoms with Crippen LogP contribution in [-0.4, -0.2) is 83.9 Å². The van der Waals surface area contributed by atoms with Crippen LogP contribution < -0.4 is 9.80 Å². The third-order valence-electron chi connectivity index (χ3n) is 6.76. The number of piperazine rings is 1. The highest BCUT2D eigenvalue weighted by molar-refractivity contribution is 5.90. The van der Waals surface area contributed by atoms with Crippen molar-refractivity contribution in [3.05, 3.63) is 65.2 Å². The first kappa shape index (κ1) is 23.2. The van der Waals surface area contributed by atoms with Gasteiger partial charge in [-0.1, -0.05) is 36.4 Å². The maximum atomic E-state index is 12.1. The number of carbonyl (C=O) groups is 1. The number of carbonyl (C=O) groups excluding carboxylic acids is 1. The number of methoxy groups -OCH3 is 1. The number of fused-ring (bicyclic) bond motifs is 1. The Kier molecular flexibility index (Phi) is 6.61. The molecule has 0 unspecified atom stereocenters. The number of aliphatic hydroxyl groups excluding tert-OH is 1. The summed E-state index contributed by atoms with van der Waals surface area (Å²) < 4.78 is 4.90. The second kappa shape index (κ2) is 9.97. The lowest BCUT2D eigenvalue weighted by atomic mass is 9.94. The molecule has 0 amide bonds. The fourth-order valence-electron chi connectivity index (χ4n) is 4.65. The first-order valence-corrected chi connectivity index (χ1v) is 11.9. The minimum Gasteiger partial charge on any atom is -0.465 e. The maximum absolute atomic E-state index is 12.1. The number of ether oxygens (including phenoxy) is 1. The number of hydrogen-bond acceptors (Lipinski definition) is 9. The average molecular weight is 475 g/mol. The van der Waals surface area contributed by atoms with Crippen molar-refractivity contribution >= 4 is 17.9 Å². The molecule has 0 radical (unpaired) electrons. The maximum Gasteiger partial charge on any atom is 0.337 e. The van der Waals surface area contributed by atoms with Crippen LogP contribution in [0.1, 0.15) is 21.5 Å². The van der Waals surface area contributed by atoms with E-state index in [-0.39, 0.29) is 12.6 Å². The summed E-state index contributed by atoms with van der Waals surface area (Å²) in [4.78, 5) is 33.2. The predicted octanol–water partition coefficient (Wildman–Crippen LogP) is 2.00. The third kappa shape index (κ3) is 4.82. The van der Waals surface area contributed by atoms with Gasteiger partial charge in [0.2, 0.25) is 11.9 Å². The molecule has 2 aliphatic rings. The Morgan fingerprint density at radius 2 is 1.74 bits per heavy atom. The van der Waals surface area contributed by atoms with Crippen LogP contribution in [0.4, 0.5) is 11.9 Å². The second-order valence-electron chi connectivity index (χ2n) is 9.06. The lowest BCUT2D eigenvalue weighted by Crippen LogP contribution is -2.46. The van der Waals surface area contributed by atoms with Crippen LogP contribution in [-0.2, 0) is 17.7 Å². The van der Waals surface area contributed by atoms with Crippen LogP contribution in [0.5, 0.6) is 0 Å². The van der Waals surface area contributed by atoms with Gasteiger partial charge in [0.05, 0.1) is 25.3 Å².